The van der Waals surface area contributed by atoms with E-state index >= 15 is 0 Å². The monoisotopic (exact) mass is 266 g/mol. The minimum absolute atomic E-state index is 0.00474. The van der Waals surface area contributed by atoms with Crippen LogP contribution < -0.4 is 5.73 Å². The second-order valence-corrected chi connectivity index (χ2v) is 3.68. The van der Waals surface area contributed by atoms with Gasteiger partial charge in [-0.15, -0.1) is 0 Å². The molecule has 1 amide bonds. The highest BCUT2D eigenvalue weighted by Gasteiger charge is 2.34. The van der Waals surface area contributed by atoms with Gasteiger partial charge in [0, 0.05) is 6.54 Å². The molecule has 0 aliphatic rings. The van der Waals surface area contributed by atoms with Crippen molar-refractivity contribution in [3.8, 4) is 0 Å². The molecule has 1 heterocycles. The molecular formula is C9H13F3N4O2. The molecule has 1 rings (SSSR count). The lowest BCUT2D eigenvalue weighted by molar-refractivity contribution is -0.141. The first-order chi connectivity index (χ1) is 8.26. The fourth-order valence-electron chi connectivity index (χ4n) is 1.34. The Labute approximate surface area is 101 Å². The standard InChI is InChI=1S/C9H13F3N4O2/c1-5-6(13)7(15-14-5)8(18)16(2-3-17)4-9(10,11)12/h17H,2-4,13H2,1H3,(H,14,15). The van der Waals surface area contributed by atoms with Gasteiger partial charge in [-0.2, -0.15) is 18.3 Å². The minimum atomic E-state index is -4.55. The summed E-state index contributed by atoms with van der Waals surface area (Å²) in [4.78, 5) is 12.2. The number of rotatable bonds is 4. The summed E-state index contributed by atoms with van der Waals surface area (Å²) in [6.45, 7) is -0.939. The number of hydrogen-bond acceptors (Lipinski definition) is 4. The predicted octanol–water partition coefficient (Wildman–Crippen LogP) is 0.297. The topological polar surface area (TPSA) is 95.2 Å². The number of carbonyl (C=O) groups is 1. The molecule has 0 aromatic carbocycles. The first-order valence-electron chi connectivity index (χ1n) is 5.03. The molecular weight excluding hydrogens is 253 g/mol. The Balaban J connectivity index is 2.92. The molecule has 0 radical (unpaired) electrons. The maximum atomic E-state index is 12.3. The van der Waals surface area contributed by atoms with Gasteiger partial charge in [-0.3, -0.25) is 9.89 Å². The van der Waals surface area contributed by atoms with Crippen molar-refractivity contribution in [3.05, 3.63) is 11.4 Å². The van der Waals surface area contributed by atoms with Crippen LogP contribution in [0.2, 0.25) is 0 Å². The number of H-pyrrole nitrogens is 1. The molecule has 18 heavy (non-hydrogen) atoms. The zero-order valence-electron chi connectivity index (χ0n) is 9.58. The summed E-state index contributed by atoms with van der Waals surface area (Å²) in [5.41, 5.74) is 5.65. The van der Waals surface area contributed by atoms with E-state index in [9.17, 15) is 18.0 Å². The number of alkyl halides is 3. The summed E-state index contributed by atoms with van der Waals surface area (Å²) >= 11 is 0. The largest absolute Gasteiger partial charge is 0.406 e. The van der Waals surface area contributed by atoms with Crippen LogP contribution in [0.3, 0.4) is 0 Å². The minimum Gasteiger partial charge on any atom is -0.395 e. The fourth-order valence-corrected chi connectivity index (χ4v) is 1.34. The molecule has 0 bridgehead atoms. The Morgan fingerprint density at radius 3 is 2.56 bits per heavy atom. The molecule has 0 atom stereocenters. The number of aryl methyl sites for hydroxylation is 1. The van der Waals surface area contributed by atoms with Gasteiger partial charge in [0.2, 0.25) is 0 Å². The normalized spacial score (nSPS) is 11.6. The van der Waals surface area contributed by atoms with E-state index in [1.807, 2.05) is 0 Å². The average molecular weight is 266 g/mol. The van der Waals surface area contributed by atoms with Crippen molar-refractivity contribution in [1.82, 2.24) is 15.1 Å². The van der Waals surface area contributed by atoms with E-state index in [4.69, 9.17) is 10.8 Å². The number of carbonyl (C=O) groups excluding carboxylic acids is 1. The maximum Gasteiger partial charge on any atom is 0.406 e. The van der Waals surface area contributed by atoms with Gasteiger partial charge in [0.15, 0.2) is 5.69 Å². The molecule has 102 valence electrons. The highest BCUT2D eigenvalue weighted by Crippen LogP contribution is 2.20. The molecule has 4 N–H and O–H groups in total. The fraction of sp³-hybridized carbons (Fsp3) is 0.556. The van der Waals surface area contributed by atoms with Crippen molar-refractivity contribution in [2.75, 3.05) is 25.4 Å². The summed E-state index contributed by atoms with van der Waals surface area (Å²) in [5, 5.41) is 14.7. The van der Waals surface area contributed by atoms with Crippen molar-refractivity contribution in [2.24, 2.45) is 0 Å². The number of nitrogens with one attached hydrogen (secondary N) is 1. The zero-order chi connectivity index (χ0) is 13.9. The Morgan fingerprint density at radius 1 is 1.56 bits per heavy atom. The summed E-state index contributed by atoms with van der Waals surface area (Å²) in [5.74, 6) is -0.969. The van der Waals surface area contributed by atoms with E-state index in [0.29, 0.717) is 10.6 Å². The molecule has 1 aromatic heterocycles. The first kappa shape index (κ1) is 14.3. The van der Waals surface area contributed by atoms with Crippen LogP contribution in [-0.2, 0) is 0 Å². The van der Waals surface area contributed by atoms with Crippen LogP contribution >= 0.6 is 0 Å². The van der Waals surface area contributed by atoms with E-state index in [1.165, 1.54) is 0 Å². The number of aromatic nitrogens is 2. The third kappa shape index (κ3) is 3.36. The summed E-state index contributed by atoms with van der Waals surface area (Å²) in [6, 6.07) is 0. The third-order valence-electron chi connectivity index (χ3n) is 2.22. The average Bonchev–Trinajstić information content (AvgIpc) is 2.56. The van der Waals surface area contributed by atoms with Gasteiger partial charge in [0.05, 0.1) is 18.0 Å². The molecule has 0 spiro atoms. The van der Waals surface area contributed by atoms with Gasteiger partial charge < -0.3 is 15.7 Å². The molecule has 0 aliphatic carbocycles. The molecule has 0 fully saturated rings. The van der Waals surface area contributed by atoms with Crippen LogP contribution in [0.5, 0.6) is 0 Å². The Kier molecular flexibility index (Phi) is 4.17. The molecule has 6 nitrogen and oxygen atoms in total. The van der Waals surface area contributed by atoms with Gasteiger partial charge in [0.1, 0.15) is 6.54 Å². The second-order valence-electron chi connectivity index (χ2n) is 3.68. The van der Waals surface area contributed by atoms with Crippen LogP contribution in [0.25, 0.3) is 0 Å². The van der Waals surface area contributed by atoms with Crippen molar-refractivity contribution >= 4 is 11.6 Å². The van der Waals surface area contributed by atoms with E-state index in [1.54, 1.807) is 6.92 Å². The molecule has 0 aliphatic heterocycles. The number of hydrogen-bond donors (Lipinski definition) is 3. The van der Waals surface area contributed by atoms with E-state index < -0.39 is 31.8 Å². The van der Waals surface area contributed by atoms with Crippen LogP contribution in [0.15, 0.2) is 0 Å². The van der Waals surface area contributed by atoms with Crippen molar-refractivity contribution in [2.45, 2.75) is 13.1 Å². The Hall–Kier alpha value is -1.77. The Morgan fingerprint density at radius 2 is 2.17 bits per heavy atom. The van der Waals surface area contributed by atoms with Crippen molar-refractivity contribution < 1.29 is 23.1 Å². The van der Waals surface area contributed by atoms with Crippen molar-refractivity contribution in [3.63, 3.8) is 0 Å². The van der Waals surface area contributed by atoms with Crippen LogP contribution in [-0.4, -0.2) is 52.0 Å². The van der Waals surface area contributed by atoms with Gasteiger partial charge in [-0.25, -0.2) is 0 Å². The van der Waals surface area contributed by atoms with Crippen LogP contribution in [0, 0.1) is 6.92 Å². The number of anilines is 1. The molecule has 0 saturated heterocycles. The number of nitrogens with two attached hydrogens (primary N) is 1. The highest BCUT2D eigenvalue weighted by molar-refractivity contribution is 5.97. The summed E-state index contributed by atoms with van der Waals surface area (Å²) < 4.78 is 36.8. The third-order valence-corrected chi connectivity index (χ3v) is 2.22. The van der Waals surface area contributed by atoms with Crippen LogP contribution in [0.4, 0.5) is 18.9 Å². The van der Waals surface area contributed by atoms with Crippen LogP contribution in [0.1, 0.15) is 16.2 Å². The smallest absolute Gasteiger partial charge is 0.395 e. The molecule has 1 aromatic rings. The number of aromatic amines is 1. The van der Waals surface area contributed by atoms with Gasteiger partial charge in [0.25, 0.3) is 5.91 Å². The van der Waals surface area contributed by atoms with Crippen molar-refractivity contribution in [1.29, 1.82) is 0 Å². The molecule has 0 unspecified atom stereocenters. The second kappa shape index (κ2) is 5.25. The first-order valence-corrected chi connectivity index (χ1v) is 5.03. The number of nitrogen functional groups attached to an aromatic ring is 1. The number of aliphatic hydroxyl groups excluding tert-OH is 1. The summed E-state index contributed by atoms with van der Waals surface area (Å²) in [7, 11) is 0. The maximum absolute atomic E-state index is 12.3. The van der Waals surface area contributed by atoms with Gasteiger partial charge in [-0.05, 0) is 6.92 Å². The number of amides is 1. The lowest BCUT2D eigenvalue weighted by Crippen LogP contribution is -2.41. The van der Waals surface area contributed by atoms with E-state index in [0.717, 1.165) is 0 Å². The lowest BCUT2D eigenvalue weighted by atomic mass is 10.2. The number of nitrogens with zero attached hydrogens (tertiary/aromatic N) is 2. The van der Waals surface area contributed by atoms with Gasteiger partial charge >= 0.3 is 6.18 Å². The SMILES string of the molecule is Cc1[nH]nc(C(=O)N(CCO)CC(F)(F)F)c1N. The highest BCUT2D eigenvalue weighted by atomic mass is 19.4. The van der Waals surface area contributed by atoms with E-state index in [-0.39, 0.29) is 11.4 Å². The molecule has 9 heteroatoms. The predicted molar refractivity (Wildman–Crippen MR) is 56.8 cm³/mol. The van der Waals surface area contributed by atoms with Gasteiger partial charge in [-0.1, -0.05) is 0 Å². The summed E-state index contributed by atoms with van der Waals surface area (Å²) in [6.07, 6.45) is -4.55. The molecule has 0 saturated carbocycles. The quantitative estimate of drug-likeness (QED) is 0.730. The lowest BCUT2D eigenvalue weighted by Gasteiger charge is -2.22. The Bertz CT molecular complexity index is 430. The number of aliphatic hydroxyl groups is 1. The zero-order valence-corrected chi connectivity index (χ0v) is 9.58. The van der Waals surface area contributed by atoms with E-state index in [2.05, 4.69) is 10.2 Å². The number of halogens is 3.